The maximum Gasteiger partial charge on any atom is 0.244 e. The fourth-order valence-corrected chi connectivity index (χ4v) is 2.62. The number of rotatable bonds is 4. The van der Waals surface area contributed by atoms with Gasteiger partial charge < -0.3 is 0 Å². The topological polar surface area (TPSA) is 50.2 Å². The minimum absolute atomic E-state index is 0.499. The van der Waals surface area contributed by atoms with Crippen LogP contribution in [0.15, 0.2) is 65.8 Å². The number of hydrazone groups is 1. The molecule has 0 radical (unpaired) electrons. The minimum Gasteiger partial charge on any atom is -0.245 e. The van der Waals surface area contributed by atoms with Crippen LogP contribution in [-0.2, 0) is 0 Å². The van der Waals surface area contributed by atoms with Crippen LogP contribution in [-0.4, -0.2) is 15.7 Å². The van der Waals surface area contributed by atoms with Gasteiger partial charge in [0.15, 0.2) is 0 Å². The largest absolute Gasteiger partial charge is 0.245 e. The predicted molar refractivity (Wildman–Crippen MR) is 107 cm³/mol. The highest BCUT2D eigenvalue weighted by Gasteiger charge is 2.04. The van der Waals surface area contributed by atoms with Crippen molar-refractivity contribution < 1.29 is 0 Å². The standard InChI is InChI=1S/C19H17IN4/c1-13-12-18(16-6-4-3-5-7-16)22-19(21-13)24-23-14(2)15-8-10-17(20)11-9-15/h3-12H,1-2H3,(H,21,22,24). The van der Waals surface area contributed by atoms with E-state index in [0.717, 1.165) is 28.2 Å². The molecule has 3 aromatic rings. The second-order valence-corrected chi connectivity index (χ2v) is 6.65. The van der Waals surface area contributed by atoms with E-state index in [2.05, 4.69) is 67.4 Å². The summed E-state index contributed by atoms with van der Waals surface area (Å²) in [5, 5.41) is 4.41. The molecule has 0 aliphatic heterocycles. The molecule has 0 saturated heterocycles. The Kier molecular flexibility index (Phi) is 5.20. The SMILES string of the molecule is CC(=NNc1nc(C)cc(-c2ccccc2)n1)c1ccc(I)cc1. The molecular formula is C19H17IN4. The smallest absolute Gasteiger partial charge is 0.244 e. The van der Waals surface area contributed by atoms with E-state index in [1.165, 1.54) is 3.57 Å². The van der Waals surface area contributed by atoms with Crippen LogP contribution in [0.3, 0.4) is 0 Å². The number of aryl methyl sites for hydroxylation is 1. The van der Waals surface area contributed by atoms with E-state index in [0.29, 0.717) is 5.95 Å². The number of benzene rings is 2. The van der Waals surface area contributed by atoms with Crippen molar-refractivity contribution >= 4 is 34.3 Å². The van der Waals surface area contributed by atoms with E-state index in [-0.39, 0.29) is 0 Å². The van der Waals surface area contributed by atoms with Gasteiger partial charge in [0.2, 0.25) is 5.95 Å². The van der Waals surface area contributed by atoms with E-state index in [1.54, 1.807) is 0 Å². The molecule has 120 valence electrons. The lowest BCUT2D eigenvalue weighted by Crippen LogP contribution is -2.03. The van der Waals surface area contributed by atoms with Crippen LogP contribution >= 0.6 is 22.6 Å². The lowest BCUT2D eigenvalue weighted by Gasteiger charge is -2.07. The molecule has 4 nitrogen and oxygen atoms in total. The van der Waals surface area contributed by atoms with E-state index < -0.39 is 0 Å². The van der Waals surface area contributed by atoms with Crippen molar-refractivity contribution in [1.82, 2.24) is 9.97 Å². The van der Waals surface area contributed by atoms with E-state index >= 15 is 0 Å². The Bertz CT molecular complexity index is 858. The molecule has 0 spiro atoms. The highest BCUT2D eigenvalue weighted by Crippen LogP contribution is 2.18. The molecule has 1 aromatic heterocycles. The van der Waals surface area contributed by atoms with Crippen molar-refractivity contribution in [3.63, 3.8) is 0 Å². The lowest BCUT2D eigenvalue weighted by atomic mass is 10.1. The van der Waals surface area contributed by atoms with Gasteiger partial charge in [0, 0.05) is 14.8 Å². The van der Waals surface area contributed by atoms with Gasteiger partial charge in [0.25, 0.3) is 0 Å². The maximum absolute atomic E-state index is 4.55. The predicted octanol–water partition coefficient (Wildman–Crippen LogP) is 4.89. The van der Waals surface area contributed by atoms with Crippen LogP contribution in [0, 0.1) is 10.5 Å². The highest BCUT2D eigenvalue weighted by molar-refractivity contribution is 14.1. The van der Waals surface area contributed by atoms with Gasteiger partial charge in [-0.25, -0.2) is 15.4 Å². The first-order valence-corrected chi connectivity index (χ1v) is 8.67. The average Bonchev–Trinajstić information content (AvgIpc) is 2.60. The monoisotopic (exact) mass is 428 g/mol. The van der Waals surface area contributed by atoms with Crippen LogP contribution in [0.25, 0.3) is 11.3 Å². The Morgan fingerprint density at radius 2 is 1.71 bits per heavy atom. The first-order chi connectivity index (χ1) is 11.6. The lowest BCUT2D eigenvalue weighted by molar-refractivity contribution is 1.07. The summed E-state index contributed by atoms with van der Waals surface area (Å²) < 4.78 is 1.20. The zero-order chi connectivity index (χ0) is 16.9. The summed E-state index contributed by atoms with van der Waals surface area (Å²) in [5.41, 5.74) is 7.77. The van der Waals surface area contributed by atoms with E-state index in [9.17, 15) is 0 Å². The Balaban J connectivity index is 1.84. The number of halogens is 1. The van der Waals surface area contributed by atoms with Crippen molar-refractivity contribution in [1.29, 1.82) is 0 Å². The first-order valence-electron chi connectivity index (χ1n) is 7.59. The molecule has 0 fully saturated rings. The number of hydrogen-bond acceptors (Lipinski definition) is 4. The minimum atomic E-state index is 0.499. The van der Waals surface area contributed by atoms with Crippen LogP contribution < -0.4 is 5.43 Å². The number of aromatic nitrogens is 2. The van der Waals surface area contributed by atoms with E-state index in [4.69, 9.17) is 0 Å². The molecule has 0 aliphatic carbocycles. The van der Waals surface area contributed by atoms with Crippen molar-refractivity contribution in [2.75, 3.05) is 5.43 Å². The Labute approximate surface area is 155 Å². The van der Waals surface area contributed by atoms with Crippen LogP contribution in [0.5, 0.6) is 0 Å². The Morgan fingerprint density at radius 1 is 1.00 bits per heavy atom. The van der Waals surface area contributed by atoms with Crippen molar-refractivity contribution in [3.8, 4) is 11.3 Å². The van der Waals surface area contributed by atoms with Crippen LogP contribution in [0.1, 0.15) is 18.2 Å². The van der Waals surface area contributed by atoms with Gasteiger partial charge in [-0.2, -0.15) is 5.10 Å². The van der Waals surface area contributed by atoms with Crippen LogP contribution in [0.2, 0.25) is 0 Å². The molecule has 0 unspecified atom stereocenters. The van der Waals surface area contributed by atoms with Crippen LogP contribution in [0.4, 0.5) is 5.95 Å². The Hall–Kier alpha value is -2.28. The third-order valence-corrected chi connectivity index (χ3v) is 4.23. The summed E-state index contributed by atoms with van der Waals surface area (Å²) >= 11 is 2.29. The zero-order valence-electron chi connectivity index (χ0n) is 13.5. The molecule has 2 aromatic carbocycles. The van der Waals surface area contributed by atoms with E-state index in [1.807, 2.05) is 50.2 Å². The second-order valence-electron chi connectivity index (χ2n) is 5.40. The van der Waals surface area contributed by atoms with Gasteiger partial charge in [-0.05, 0) is 60.2 Å². The average molecular weight is 428 g/mol. The van der Waals surface area contributed by atoms with Gasteiger partial charge in [0.05, 0.1) is 11.4 Å². The highest BCUT2D eigenvalue weighted by atomic mass is 127. The summed E-state index contributed by atoms with van der Waals surface area (Å²) in [5.74, 6) is 0.499. The summed E-state index contributed by atoms with van der Waals surface area (Å²) in [6.45, 7) is 3.91. The quantitative estimate of drug-likeness (QED) is 0.366. The molecule has 24 heavy (non-hydrogen) atoms. The second kappa shape index (κ2) is 7.53. The molecule has 5 heteroatoms. The summed E-state index contributed by atoms with van der Waals surface area (Å²) in [6.07, 6.45) is 0. The van der Waals surface area contributed by atoms with Gasteiger partial charge in [0.1, 0.15) is 0 Å². The van der Waals surface area contributed by atoms with Gasteiger partial charge in [-0.1, -0.05) is 42.5 Å². The normalized spacial score (nSPS) is 11.4. The molecule has 0 saturated carbocycles. The molecule has 0 aliphatic rings. The maximum atomic E-state index is 4.55. The molecule has 0 amide bonds. The first kappa shape index (κ1) is 16.6. The summed E-state index contributed by atoms with van der Waals surface area (Å²) in [7, 11) is 0. The molecule has 1 heterocycles. The molecule has 0 bridgehead atoms. The molecule has 3 rings (SSSR count). The molecular weight excluding hydrogens is 411 g/mol. The zero-order valence-corrected chi connectivity index (χ0v) is 15.7. The van der Waals surface area contributed by atoms with Gasteiger partial charge in [-0.3, -0.25) is 0 Å². The number of anilines is 1. The number of hydrogen-bond donors (Lipinski definition) is 1. The van der Waals surface area contributed by atoms with Crippen molar-refractivity contribution in [2.45, 2.75) is 13.8 Å². The molecule has 0 atom stereocenters. The Morgan fingerprint density at radius 3 is 2.42 bits per heavy atom. The van der Waals surface area contributed by atoms with Crippen molar-refractivity contribution in [3.05, 3.63) is 75.5 Å². The fourth-order valence-electron chi connectivity index (χ4n) is 2.26. The summed E-state index contributed by atoms with van der Waals surface area (Å²) in [6, 6.07) is 20.2. The van der Waals surface area contributed by atoms with Gasteiger partial charge in [-0.15, -0.1) is 0 Å². The number of nitrogens with zero attached hydrogens (tertiary/aromatic N) is 3. The van der Waals surface area contributed by atoms with Crippen molar-refractivity contribution in [2.24, 2.45) is 5.10 Å². The molecule has 1 N–H and O–H groups in total. The summed E-state index contributed by atoms with van der Waals surface area (Å²) in [4.78, 5) is 8.96. The van der Waals surface area contributed by atoms with Gasteiger partial charge >= 0.3 is 0 Å². The third-order valence-electron chi connectivity index (χ3n) is 3.51. The number of nitrogens with one attached hydrogen (secondary N) is 1. The fraction of sp³-hybridized carbons (Fsp3) is 0.105. The third kappa shape index (κ3) is 4.17.